The van der Waals surface area contributed by atoms with Crippen LogP contribution in [0.25, 0.3) is 0 Å². The number of rotatable bonds is 4. The summed E-state index contributed by atoms with van der Waals surface area (Å²) in [6.45, 7) is 1.87. The summed E-state index contributed by atoms with van der Waals surface area (Å²) in [7, 11) is -3.75. The first kappa shape index (κ1) is 11.6. The molecule has 0 saturated heterocycles. The van der Waals surface area contributed by atoms with Crippen molar-refractivity contribution >= 4 is 15.8 Å². The lowest BCUT2D eigenvalue weighted by molar-refractivity contribution is -0.134. The van der Waals surface area contributed by atoms with Crippen LogP contribution in [-0.4, -0.2) is 30.2 Å². The van der Waals surface area contributed by atoms with Crippen molar-refractivity contribution in [3.05, 3.63) is 24.0 Å². The molecule has 1 rings (SSSR count). The summed E-state index contributed by atoms with van der Waals surface area (Å²) in [6.07, 6.45) is 3.38. The Kier molecular flexibility index (Phi) is 3.41. The van der Waals surface area contributed by atoms with Crippen LogP contribution in [0.2, 0.25) is 0 Å². The fourth-order valence-electron chi connectivity index (χ4n) is 1.07. The van der Waals surface area contributed by atoms with Gasteiger partial charge in [-0.05, 0) is 18.1 Å². The van der Waals surface area contributed by atoms with E-state index in [2.05, 4.69) is 4.98 Å². The minimum Gasteiger partial charge on any atom is -0.480 e. The van der Waals surface area contributed by atoms with Crippen molar-refractivity contribution in [1.29, 1.82) is 0 Å². The summed E-state index contributed by atoms with van der Waals surface area (Å²) >= 11 is 0. The molecule has 0 aromatic carbocycles. The third-order valence-electron chi connectivity index (χ3n) is 1.85. The van der Waals surface area contributed by atoms with Gasteiger partial charge in [0.15, 0.2) is 15.6 Å². The number of aliphatic carboxylic acids is 1. The van der Waals surface area contributed by atoms with Crippen molar-refractivity contribution in [3.63, 3.8) is 0 Å². The Morgan fingerprint density at radius 3 is 2.67 bits per heavy atom. The van der Waals surface area contributed by atoms with E-state index >= 15 is 0 Å². The van der Waals surface area contributed by atoms with Gasteiger partial charge in [-0.3, -0.25) is 9.78 Å². The average molecular weight is 229 g/mol. The minimum absolute atomic E-state index is 0.0377. The van der Waals surface area contributed by atoms with E-state index in [4.69, 9.17) is 5.11 Å². The predicted octanol–water partition coefficient (Wildman–Crippen LogP) is 0.502. The van der Waals surface area contributed by atoms with Gasteiger partial charge in [0.1, 0.15) is 0 Å². The lowest BCUT2D eigenvalue weighted by Gasteiger charge is -2.02. The fraction of sp³-hybridized carbons (Fsp3) is 0.333. The molecule has 1 aromatic heterocycles. The van der Waals surface area contributed by atoms with Gasteiger partial charge in [0.25, 0.3) is 0 Å². The number of carbonyl (C=O) groups is 1. The second-order valence-corrected chi connectivity index (χ2v) is 5.02. The maximum Gasteiger partial charge on any atom is 0.319 e. The van der Waals surface area contributed by atoms with Gasteiger partial charge in [-0.2, -0.15) is 0 Å². The normalized spacial score (nSPS) is 11.3. The van der Waals surface area contributed by atoms with E-state index in [0.29, 0.717) is 6.42 Å². The molecule has 0 radical (unpaired) electrons. The molecule has 15 heavy (non-hydrogen) atoms. The van der Waals surface area contributed by atoms with Crippen molar-refractivity contribution in [2.45, 2.75) is 18.2 Å². The quantitative estimate of drug-likeness (QED) is 0.812. The summed E-state index contributed by atoms with van der Waals surface area (Å²) in [4.78, 5) is 14.1. The Balaban J connectivity index is 3.10. The van der Waals surface area contributed by atoms with Gasteiger partial charge < -0.3 is 5.11 Å². The van der Waals surface area contributed by atoms with Gasteiger partial charge in [-0.25, -0.2) is 8.42 Å². The van der Waals surface area contributed by atoms with E-state index in [1.807, 2.05) is 6.92 Å². The Morgan fingerprint density at radius 1 is 1.47 bits per heavy atom. The lowest BCUT2D eigenvalue weighted by atomic mass is 10.2. The van der Waals surface area contributed by atoms with E-state index in [1.54, 1.807) is 6.20 Å². The molecule has 6 heteroatoms. The van der Waals surface area contributed by atoms with Crippen LogP contribution in [0.1, 0.15) is 12.5 Å². The van der Waals surface area contributed by atoms with Gasteiger partial charge in [-0.15, -0.1) is 0 Å². The summed E-state index contributed by atoms with van der Waals surface area (Å²) < 4.78 is 23.0. The van der Waals surface area contributed by atoms with E-state index in [0.717, 1.165) is 11.8 Å². The summed E-state index contributed by atoms with van der Waals surface area (Å²) in [6, 6.07) is 1.45. The van der Waals surface area contributed by atoms with Crippen LogP contribution < -0.4 is 0 Å². The number of hydrogen-bond donors (Lipinski definition) is 1. The number of sulfone groups is 1. The first-order valence-corrected chi connectivity index (χ1v) is 5.99. The monoisotopic (exact) mass is 229 g/mol. The predicted molar refractivity (Wildman–Crippen MR) is 53.3 cm³/mol. The average Bonchev–Trinajstić information content (AvgIpc) is 2.16. The molecule has 0 saturated carbocycles. The molecule has 0 aliphatic rings. The van der Waals surface area contributed by atoms with Crippen LogP contribution in [0.5, 0.6) is 0 Å². The third kappa shape index (κ3) is 3.02. The number of aryl methyl sites for hydroxylation is 1. The largest absolute Gasteiger partial charge is 0.480 e. The molecule has 0 aliphatic heterocycles. The number of nitrogens with zero attached hydrogens (tertiary/aromatic N) is 1. The Morgan fingerprint density at radius 2 is 2.13 bits per heavy atom. The Bertz CT molecular complexity index is 467. The topological polar surface area (TPSA) is 84.3 Å². The minimum atomic E-state index is -3.75. The summed E-state index contributed by atoms with van der Waals surface area (Å²) in [5.41, 5.74) is 0.765. The number of hydrogen-bond acceptors (Lipinski definition) is 4. The molecule has 5 nitrogen and oxygen atoms in total. The standard InChI is InChI=1S/C9H11NO4S/c1-2-7-3-8(5-10-4-7)15(13,14)6-9(11)12/h3-5H,2,6H2,1H3,(H,11,12). The summed E-state index contributed by atoms with van der Waals surface area (Å²) in [5, 5.41) is 8.44. The van der Waals surface area contributed by atoms with Crippen molar-refractivity contribution < 1.29 is 18.3 Å². The Labute approximate surface area is 87.7 Å². The molecule has 0 atom stereocenters. The molecule has 1 aromatic rings. The zero-order valence-corrected chi connectivity index (χ0v) is 8.99. The first-order valence-electron chi connectivity index (χ1n) is 4.34. The molecule has 0 bridgehead atoms. The van der Waals surface area contributed by atoms with Gasteiger partial charge in [-0.1, -0.05) is 6.92 Å². The maximum absolute atomic E-state index is 11.5. The number of carboxylic acid groups (broad SMARTS) is 1. The molecular weight excluding hydrogens is 218 g/mol. The molecule has 0 fully saturated rings. The molecule has 1 N–H and O–H groups in total. The van der Waals surface area contributed by atoms with Gasteiger partial charge in [0.2, 0.25) is 0 Å². The number of aromatic nitrogens is 1. The molecule has 82 valence electrons. The number of carboxylic acids is 1. The molecule has 0 aliphatic carbocycles. The highest BCUT2D eigenvalue weighted by Crippen LogP contribution is 2.11. The van der Waals surface area contributed by atoms with Crippen molar-refractivity contribution in [1.82, 2.24) is 4.98 Å². The SMILES string of the molecule is CCc1cncc(S(=O)(=O)CC(=O)O)c1. The molecular formula is C9H11NO4S. The Hall–Kier alpha value is -1.43. The highest BCUT2D eigenvalue weighted by molar-refractivity contribution is 7.92. The van der Waals surface area contributed by atoms with Crippen LogP contribution >= 0.6 is 0 Å². The first-order chi connectivity index (χ1) is 6.95. The van der Waals surface area contributed by atoms with Crippen LogP contribution in [-0.2, 0) is 21.1 Å². The molecule has 1 heterocycles. The van der Waals surface area contributed by atoms with E-state index < -0.39 is 21.6 Å². The van der Waals surface area contributed by atoms with Gasteiger partial charge >= 0.3 is 5.97 Å². The molecule has 0 unspecified atom stereocenters. The van der Waals surface area contributed by atoms with Crippen LogP contribution in [0.4, 0.5) is 0 Å². The van der Waals surface area contributed by atoms with Crippen LogP contribution in [0.15, 0.2) is 23.4 Å². The van der Waals surface area contributed by atoms with E-state index in [-0.39, 0.29) is 4.90 Å². The van der Waals surface area contributed by atoms with Gasteiger partial charge in [0, 0.05) is 12.4 Å². The second-order valence-electron chi connectivity index (χ2n) is 3.04. The van der Waals surface area contributed by atoms with Crippen molar-refractivity contribution in [3.8, 4) is 0 Å². The van der Waals surface area contributed by atoms with Crippen LogP contribution in [0.3, 0.4) is 0 Å². The zero-order chi connectivity index (χ0) is 11.5. The van der Waals surface area contributed by atoms with Crippen LogP contribution in [0, 0.1) is 0 Å². The highest BCUT2D eigenvalue weighted by atomic mass is 32.2. The molecule has 0 amide bonds. The van der Waals surface area contributed by atoms with E-state index in [1.165, 1.54) is 6.07 Å². The lowest BCUT2D eigenvalue weighted by Crippen LogP contribution is -2.15. The fourth-order valence-corrected chi connectivity index (χ4v) is 2.12. The zero-order valence-electron chi connectivity index (χ0n) is 8.17. The smallest absolute Gasteiger partial charge is 0.319 e. The van der Waals surface area contributed by atoms with E-state index in [9.17, 15) is 13.2 Å². The summed E-state index contributed by atoms with van der Waals surface area (Å²) in [5.74, 6) is -2.26. The van der Waals surface area contributed by atoms with Gasteiger partial charge in [0.05, 0.1) is 4.90 Å². The second kappa shape index (κ2) is 4.39. The van der Waals surface area contributed by atoms with Crippen molar-refractivity contribution in [2.24, 2.45) is 0 Å². The number of pyridine rings is 1. The highest BCUT2D eigenvalue weighted by Gasteiger charge is 2.19. The third-order valence-corrected chi connectivity index (χ3v) is 3.42. The van der Waals surface area contributed by atoms with Crippen molar-refractivity contribution in [2.75, 3.05) is 5.75 Å². The maximum atomic E-state index is 11.5. The molecule has 0 spiro atoms.